The molecular formula is C18H17N3O4S. The molecule has 0 aliphatic heterocycles. The summed E-state index contributed by atoms with van der Waals surface area (Å²) >= 11 is 0. The third-order valence-electron chi connectivity index (χ3n) is 3.65. The molecule has 0 spiro atoms. The summed E-state index contributed by atoms with van der Waals surface area (Å²) < 4.78 is 29.8. The highest BCUT2D eigenvalue weighted by Crippen LogP contribution is 2.15. The van der Waals surface area contributed by atoms with Gasteiger partial charge >= 0.3 is 11.8 Å². The van der Waals surface area contributed by atoms with Crippen LogP contribution in [-0.2, 0) is 22.1 Å². The van der Waals surface area contributed by atoms with Crippen LogP contribution in [0.5, 0.6) is 0 Å². The van der Waals surface area contributed by atoms with Crippen molar-refractivity contribution in [1.29, 1.82) is 0 Å². The van der Waals surface area contributed by atoms with E-state index in [0.717, 1.165) is 11.1 Å². The summed E-state index contributed by atoms with van der Waals surface area (Å²) in [6, 6.07) is 15.7. The molecule has 0 saturated heterocycles. The Morgan fingerprint density at radius 1 is 1.04 bits per heavy atom. The number of hydrogen-bond donors (Lipinski definition) is 1. The van der Waals surface area contributed by atoms with Crippen LogP contribution in [0.15, 0.2) is 63.9 Å². The first-order valence-electron chi connectivity index (χ1n) is 7.88. The van der Waals surface area contributed by atoms with E-state index in [9.17, 15) is 13.2 Å². The zero-order chi connectivity index (χ0) is 18.6. The molecule has 8 heteroatoms. The second kappa shape index (κ2) is 7.49. The lowest BCUT2D eigenvalue weighted by Crippen LogP contribution is -2.23. The van der Waals surface area contributed by atoms with E-state index in [1.54, 1.807) is 18.2 Å². The fourth-order valence-electron chi connectivity index (χ4n) is 2.24. The minimum Gasteiger partial charge on any atom is -0.416 e. The predicted molar refractivity (Wildman–Crippen MR) is 94.0 cm³/mol. The number of aromatic nitrogens is 2. The van der Waals surface area contributed by atoms with Crippen LogP contribution in [0.1, 0.15) is 27.7 Å². The predicted octanol–water partition coefficient (Wildman–Crippen LogP) is 2.28. The van der Waals surface area contributed by atoms with Gasteiger partial charge in [0.1, 0.15) is 5.75 Å². The van der Waals surface area contributed by atoms with Gasteiger partial charge < -0.3 is 9.73 Å². The van der Waals surface area contributed by atoms with Crippen LogP contribution in [0, 0.1) is 6.92 Å². The molecule has 1 heterocycles. The van der Waals surface area contributed by atoms with E-state index < -0.39 is 21.5 Å². The lowest BCUT2D eigenvalue weighted by molar-refractivity contribution is 0.0914. The number of rotatable bonds is 6. The second-order valence-electron chi connectivity index (χ2n) is 5.74. The standard InChI is InChI=1S/C18H17N3O4S/c1-13-7-9-14(10-8-13)11-19-17(22)18-21-20-16(25-18)12-26(23,24)15-5-3-2-4-6-15/h2-10H,11-12H2,1H3,(H,19,22). The largest absolute Gasteiger partial charge is 0.416 e. The molecule has 26 heavy (non-hydrogen) atoms. The number of amides is 1. The number of nitrogens with one attached hydrogen (secondary N) is 1. The van der Waals surface area contributed by atoms with Gasteiger partial charge in [-0.05, 0) is 24.6 Å². The third kappa shape index (κ3) is 4.34. The molecular weight excluding hydrogens is 354 g/mol. The molecule has 0 unspecified atom stereocenters. The molecule has 0 fully saturated rings. The van der Waals surface area contributed by atoms with Crippen molar-refractivity contribution in [3.63, 3.8) is 0 Å². The minimum atomic E-state index is -3.61. The first kappa shape index (κ1) is 17.8. The summed E-state index contributed by atoms with van der Waals surface area (Å²) in [6.07, 6.45) is 0. The first-order valence-corrected chi connectivity index (χ1v) is 9.53. The van der Waals surface area contributed by atoms with E-state index >= 15 is 0 Å². The molecule has 1 amide bonds. The molecule has 1 N–H and O–H groups in total. The van der Waals surface area contributed by atoms with E-state index in [1.807, 2.05) is 31.2 Å². The summed E-state index contributed by atoms with van der Waals surface area (Å²) in [7, 11) is -3.61. The third-order valence-corrected chi connectivity index (χ3v) is 5.27. The van der Waals surface area contributed by atoms with Gasteiger partial charge in [-0.1, -0.05) is 48.0 Å². The number of aryl methyl sites for hydroxylation is 1. The molecule has 0 atom stereocenters. The van der Waals surface area contributed by atoms with Crippen LogP contribution in [-0.4, -0.2) is 24.5 Å². The van der Waals surface area contributed by atoms with Gasteiger partial charge in [-0.15, -0.1) is 10.2 Å². The van der Waals surface area contributed by atoms with E-state index in [1.165, 1.54) is 12.1 Å². The van der Waals surface area contributed by atoms with E-state index in [2.05, 4.69) is 15.5 Å². The Labute approximate surface area is 151 Å². The topological polar surface area (TPSA) is 102 Å². The fourth-order valence-corrected chi connectivity index (χ4v) is 3.42. The van der Waals surface area contributed by atoms with Crippen molar-refractivity contribution in [3.8, 4) is 0 Å². The van der Waals surface area contributed by atoms with Crippen LogP contribution in [0.25, 0.3) is 0 Å². The van der Waals surface area contributed by atoms with Gasteiger partial charge in [-0.3, -0.25) is 4.79 Å². The maximum absolute atomic E-state index is 12.3. The number of hydrogen-bond acceptors (Lipinski definition) is 6. The maximum Gasteiger partial charge on any atom is 0.309 e. The summed E-state index contributed by atoms with van der Waals surface area (Å²) in [6.45, 7) is 2.28. The lowest BCUT2D eigenvalue weighted by atomic mass is 10.1. The highest BCUT2D eigenvalue weighted by Gasteiger charge is 2.21. The van der Waals surface area contributed by atoms with Gasteiger partial charge in [0.15, 0.2) is 9.84 Å². The highest BCUT2D eigenvalue weighted by atomic mass is 32.2. The molecule has 0 radical (unpaired) electrons. The number of benzene rings is 2. The van der Waals surface area contributed by atoms with Gasteiger partial charge in [0.2, 0.25) is 5.89 Å². The Kier molecular flexibility index (Phi) is 5.13. The number of carbonyl (C=O) groups excluding carboxylic acids is 1. The molecule has 3 aromatic rings. The Bertz CT molecular complexity index is 996. The average Bonchev–Trinajstić information content (AvgIpc) is 3.09. The van der Waals surface area contributed by atoms with Gasteiger partial charge in [0.25, 0.3) is 0 Å². The molecule has 2 aromatic carbocycles. The maximum atomic E-state index is 12.3. The molecule has 1 aromatic heterocycles. The van der Waals surface area contributed by atoms with Crippen molar-refractivity contribution < 1.29 is 17.6 Å². The summed E-state index contributed by atoms with van der Waals surface area (Å²) in [5, 5.41) is 9.94. The zero-order valence-corrected chi connectivity index (χ0v) is 14.9. The Morgan fingerprint density at radius 3 is 2.42 bits per heavy atom. The fraction of sp³-hybridized carbons (Fsp3) is 0.167. The van der Waals surface area contributed by atoms with Gasteiger partial charge in [-0.25, -0.2) is 8.42 Å². The zero-order valence-electron chi connectivity index (χ0n) is 14.0. The van der Waals surface area contributed by atoms with Crippen LogP contribution in [0.4, 0.5) is 0 Å². The first-order chi connectivity index (χ1) is 12.4. The van der Waals surface area contributed by atoms with Crippen LogP contribution < -0.4 is 5.32 Å². The normalized spacial score (nSPS) is 11.3. The lowest BCUT2D eigenvalue weighted by Gasteiger charge is -2.03. The van der Waals surface area contributed by atoms with Crippen molar-refractivity contribution in [3.05, 3.63) is 77.5 Å². The number of carbonyl (C=O) groups is 1. The molecule has 0 saturated carbocycles. The van der Waals surface area contributed by atoms with Crippen molar-refractivity contribution in [1.82, 2.24) is 15.5 Å². The summed E-state index contributed by atoms with van der Waals surface area (Å²) in [5.41, 5.74) is 2.05. The molecule has 134 valence electrons. The van der Waals surface area contributed by atoms with E-state index in [0.29, 0.717) is 6.54 Å². The second-order valence-corrected chi connectivity index (χ2v) is 7.73. The number of sulfone groups is 1. The molecule has 3 rings (SSSR count). The monoisotopic (exact) mass is 371 g/mol. The summed E-state index contributed by atoms with van der Waals surface area (Å²) in [4.78, 5) is 12.2. The van der Waals surface area contributed by atoms with Crippen molar-refractivity contribution >= 4 is 15.7 Å². The van der Waals surface area contributed by atoms with Crippen LogP contribution >= 0.6 is 0 Å². The molecule has 0 bridgehead atoms. The van der Waals surface area contributed by atoms with Crippen molar-refractivity contribution in [2.24, 2.45) is 0 Å². The highest BCUT2D eigenvalue weighted by molar-refractivity contribution is 7.90. The Balaban J connectivity index is 1.64. The molecule has 0 aliphatic rings. The van der Waals surface area contributed by atoms with Crippen molar-refractivity contribution in [2.45, 2.75) is 24.1 Å². The average molecular weight is 371 g/mol. The van der Waals surface area contributed by atoms with Crippen LogP contribution in [0.3, 0.4) is 0 Å². The molecule has 0 aliphatic carbocycles. The minimum absolute atomic E-state index is 0.130. The molecule has 7 nitrogen and oxygen atoms in total. The Hall–Kier alpha value is -3.00. The van der Waals surface area contributed by atoms with Crippen LogP contribution in [0.2, 0.25) is 0 Å². The van der Waals surface area contributed by atoms with E-state index in [4.69, 9.17) is 4.42 Å². The number of nitrogens with zero attached hydrogens (tertiary/aromatic N) is 2. The quantitative estimate of drug-likeness (QED) is 0.713. The van der Waals surface area contributed by atoms with Crippen molar-refractivity contribution in [2.75, 3.05) is 0 Å². The van der Waals surface area contributed by atoms with Gasteiger partial charge in [0.05, 0.1) is 4.90 Å². The van der Waals surface area contributed by atoms with E-state index in [-0.39, 0.29) is 16.7 Å². The van der Waals surface area contributed by atoms with Gasteiger partial charge in [0, 0.05) is 6.54 Å². The smallest absolute Gasteiger partial charge is 0.309 e. The Morgan fingerprint density at radius 2 is 1.73 bits per heavy atom. The van der Waals surface area contributed by atoms with Gasteiger partial charge in [-0.2, -0.15) is 0 Å². The summed E-state index contributed by atoms with van der Waals surface area (Å²) in [5.74, 6) is -1.42. The SMILES string of the molecule is Cc1ccc(CNC(=O)c2nnc(CS(=O)(=O)c3ccccc3)o2)cc1.